The van der Waals surface area contributed by atoms with E-state index < -0.39 is 82.1 Å². The third-order valence-electron chi connectivity index (χ3n) is 8.82. The predicted molar refractivity (Wildman–Crippen MR) is 188 cm³/mol. The first-order valence-electron chi connectivity index (χ1n) is 15.5. The fraction of sp³-hybridized carbons (Fsp3) is 0. The number of nitrogens with one attached hydrogen (secondary N) is 2. The topological polar surface area (TPSA) is 338 Å². The summed E-state index contributed by atoms with van der Waals surface area (Å²) >= 11 is 0. The van der Waals surface area contributed by atoms with Gasteiger partial charge < -0.3 is 28.2 Å². The number of aromatic amines is 2. The van der Waals surface area contributed by atoms with Crippen LogP contribution in [0.3, 0.4) is 0 Å². The molecular formula is C32H14N8O12S4Zn2. The molecule has 58 heavy (non-hydrogen) atoms. The van der Waals surface area contributed by atoms with Crippen LogP contribution in [0, 0.1) is 0 Å². The van der Waals surface area contributed by atoms with Crippen molar-refractivity contribution in [3.05, 3.63) is 72.8 Å². The third kappa shape index (κ3) is 6.54. The van der Waals surface area contributed by atoms with Crippen LogP contribution in [0.5, 0.6) is 0 Å². The number of nitrogens with zero attached hydrogens (tertiary/aromatic N) is 6. The van der Waals surface area contributed by atoms with Gasteiger partial charge in [-0.2, -0.15) is 0 Å². The summed E-state index contributed by atoms with van der Waals surface area (Å²) in [6, 6.07) is 19.6. The normalized spacial score (nSPS) is 12.8. The first-order valence-corrected chi connectivity index (χ1v) is 21.1. The van der Waals surface area contributed by atoms with Crippen LogP contribution in [0.2, 0.25) is 0 Å². The number of hydrogen-bond donors (Lipinski definition) is 2. The van der Waals surface area contributed by atoms with E-state index in [1.54, 1.807) is 60.7 Å². The monoisotopic (exact) mass is 958 g/mol. The molecule has 5 heterocycles. The zero-order chi connectivity index (χ0) is 39.7. The Morgan fingerprint density at radius 2 is 0.621 bits per heavy atom. The first-order chi connectivity index (χ1) is 26.3. The standard InChI is InChI=1S/C32H18N8O12S4.2Zn/c41-53(42,43)21-19-20(22(54(44,45)46)24(56(50,51)52)23(21)55(47,48)49)32-39-30-18-12-6-4-10-16(18)28(37-30)35-26-14-8-2-1-7-13(14)25(33-26)34-27-15-9-3-5-11-17(15)29(36-27)38-31(19)40-32;;/h1-12H,(H,41,42,43)(H,44,45,46)(H,47,48,49)(H,50,51,52)(H2,33,34,35,36,37,38,39,40);;/q;2*+2/p-4. The van der Waals surface area contributed by atoms with Gasteiger partial charge in [0.25, 0.3) is 0 Å². The van der Waals surface area contributed by atoms with Gasteiger partial charge in [0, 0.05) is 43.8 Å². The molecule has 4 aromatic carbocycles. The molecule has 0 saturated carbocycles. The second-order valence-electron chi connectivity index (χ2n) is 12.1. The van der Waals surface area contributed by atoms with E-state index in [2.05, 4.69) is 29.9 Å². The molecule has 2 aliphatic rings. The smallest absolute Gasteiger partial charge is 0.744 e. The summed E-state index contributed by atoms with van der Waals surface area (Å²) in [5.74, 6) is -0.637. The summed E-state index contributed by atoms with van der Waals surface area (Å²) in [7, 11) is -26.0. The van der Waals surface area contributed by atoms with Gasteiger partial charge in [-0.15, -0.1) is 0 Å². The van der Waals surface area contributed by atoms with E-state index in [0.29, 0.717) is 21.9 Å². The number of rotatable bonds is 4. The molecule has 282 valence electrons. The Kier molecular flexibility index (Phi) is 9.87. The molecule has 0 radical (unpaired) electrons. The average molecular weight is 962 g/mol. The molecule has 0 spiro atoms. The van der Waals surface area contributed by atoms with Gasteiger partial charge in [0.1, 0.15) is 63.1 Å². The van der Waals surface area contributed by atoms with Crippen LogP contribution < -0.4 is 0 Å². The molecule has 2 N–H and O–H groups in total. The van der Waals surface area contributed by atoms with Crippen LogP contribution in [0.15, 0.2) is 92.4 Å². The molecule has 2 aliphatic heterocycles. The van der Waals surface area contributed by atoms with Crippen LogP contribution in [-0.2, 0) is 79.4 Å². The van der Waals surface area contributed by atoms with Crippen molar-refractivity contribution in [1.29, 1.82) is 0 Å². The largest absolute Gasteiger partial charge is 2.00 e. The fourth-order valence-corrected chi connectivity index (χ4v) is 11.6. The zero-order valence-corrected chi connectivity index (χ0v) is 37.8. The van der Waals surface area contributed by atoms with Gasteiger partial charge in [0.15, 0.2) is 23.3 Å². The quantitative estimate of drug-likeness (QED) is 0.189. The summed E-state index contributed by atoms with van der Waals surface area (Å²) < 4.78 is 154. The summed E-state index contributed by atoms with van der Waals surface area (Å²) in [5.41, 5.74) is -0.283. The van der Waals surface area contributed by atoms with E-state index in [9.17, 15) is 51.9 Å². The minimum Gasteiger partial charge on any atom is -0.744 e. The van der Waals surface area contributed by atoms with Crippen molar-refractivity contribution >= 4 is 84.6 Å². The molecule has 9 rings (SSSR count). The number of fused-ring (bicyclic) bond motifs is 20. The molecule has 0 aliphatic carbocycles. The number of aromatic nitrogens is 8. The first kappa shape index (κ1) is 41.3. The number of H-pyrrole nitrogens is 2. The van der Waals surface area contributed by atoms with Gasteiger partial charge in [-0.05, 0) is 0 Å². The zero-order valence-electron chi connectivity index (χ0n) is 28.6. The van der Waals surface area contributed by atoms with Crippen molar-refractivity contribution in [3.8, 4) is 45.6 Å². The van der Waals surface area contributed by atoms with Crippen molar-refractivity contribution in [1.82, 2.24) is 39.9 Å². The average Bonchev–Trinajstić information content (AvgIpc) is 3.84. The molecule has 20 nitrogen and oxygen atoms in total. The summed E-state index contributed by atoms with van der Waals surface area (Å²) in [4.78, 5) is 23.0. The number of hydrogen-bond acceptors (Lipinski definition) is 18. The van der Waals surface area contributed by atoms with Crippen molar-refractivity contribution in [2.24, 2.45) is 0 Å². The summed E-state index contributed by atoms with van der Waals surface area (Å²) in [6.45, 7) is 0. The maximum atomic E-state index is 13.0. The van der Waals surface area contributed by atoms with Gasteiger partial charge in [-0.3, -0.25) is 0 Å². The third-order valence-corrected chi connectivity index (χ3v) is 12.8. The van der Waals surface area contributed by atoms with Crippen LogP contribution in [0.25, 0.3) is 89.7 Å². The SMILES string of the molecule is O=S(=O)([O-])c1c(S(=O)(=O)[O-])c(S(=O)(=O)[O-])c2c3nc4nc(nc5[nH]c(nc6nc(nc([nH]3)c2c1S(=O)(=O)[O-])-c1ccccc1-6)c1ccccc51)-c1ccccc1-4.[Zn+2].[Zn+2]. The van der Waals surface area contributed by atoms with Gasteiger partial charge in [0.05, 0.1) is 19.6 Å². The Bertz CT molecular complexity index is 3390. The summed E-state index contributed by atoms with van der Waals surface area (Å²) in [5, 5.41) is -1.56. The maximum Gasteiger partial charge on any atom is 2.00 e. The Balaban J connectivity index is 0.00000256. The molecule has 0 unspecified atom stereocenters. The van der Waals surface area contributed by atoms with Crippen LogP contribution in [0.1, 0.15) is 0 Å². The van der Waals surface area contributed by atoms with E-state index in [1.165, 1.54) is 12.1 Å². The van der Waals surface area contributed by atoms with Gasteiger partial charge in [-0.25, -0.2) is 63.6 Å². The fourth-order valence-electron chi connectivity index (χ4n) is 6.72. The van der Waals surface area contributed by atoms with Crippen molar-refractivity contribution < 1.29 is 90.8 Å². The summed E-state index contributed by atoms with van der Waals surface area (Å²) in [6.07, 6.45) is 0. The molecule has 0 amide bonds. The predicted octanol–water partition coefficient (Wildman–Crippen LogP) is 2.48. The second kappa shape index (κ2) is 13.9. The second-order valence-corrected chi connectivity index (χ2v) is 17.4. The van der Waals surface area contributed by atoms with Gasteiger partial charge in [-0.1, -0.05) is 72.8 Å². The Morgan fingerprint density at radius 1 is 0.362 bits per heavy atom. The molecule has 26 heteroatoms. The molecule has 3 aromatic heterocycles. The van der Waals surface area contributed by atoms with Gasteiger partial charge in [0.2, 0.25) is 0 Å². The van der Waals surface area contributed by atoms with E-state index >= 15 is 0 Å². The van der Waals surface area contributed by atoms with Crippen LogP contribution >= 0.6 is 0 Å². The molecule has 0 fully saturated rings. The molecule has 0 atom stereocenters. The molecule has 8 bridgehead atoms. The van der Waals surface area contributed by atoms with Gasteiger partial charge >= 0.3 is 39.0 Å². The van der Waals surface area contributed by atoms with E-state index in [0.717, 1.165) is 0 Å². The molecule has 0 saturated heterocycles. The van der Waals surface area contributed by atoms with Crippen LogP contribution in [-0.4, -0.2) is 91.8 Å². The molecular weight excluding hydrogens is 947 g/mol. The van der Waals surface area contributed by atoms with Crippen molar-refractivity contribution in [2.75, 3.05) is 0 Å². The van der Waals surface area contributed by atoms with E-state index in [-0.39, 0.29) is 84.7 Å². The Morgan fingerprint density at radius 3 is 0.914 bits per heavy atom. The molecule has 7 aromatic rings. The number of benzene rings is 4. The van der Waals surface area contributed by atoms with Crippen molar-refractivity contribution in [2.45, 2.75) is 19.6 Å². The maximum absolute atomic E-state index is 13.0. The van der Waals surface area contributed by atoms with Crippen molar-refractivity contribution in [3.63, 3.8) is 0 Å². The minimum atomic E-state index is -6.60. The van der Waals surface area contributed by atoms with Crippen LogP contribution in [0.4, 0.5) is 0 Å². The Labute approximate surface area is 350 Å². The van der Waals surface area contributed by atoms with E-state index in [4.69, 9.17) is 9.97 Å². The van der Waals surface area contributed by atoms with E-state index in [1.807, 2.05) is 0 Å². The Hall–Kier alpha value is -4.87. The minimum absolute atomic E-state index is 0.